The monoisotopic (exact) mass is 387 g/mol. The summed E-state index contributed by atoms with van der Waals surface area (Å²) in [6.45, 7) is 0.478. The van der Waals surface area contributed by atoms with Gasteiger partial charge in [0.05, 0.1) is 4.90 Å². The van der Waals surface area contributed by atoms with Gasteiger partial charge in [0.15, 0.2) is 0 Å². The molecule has 96 valence electrons. The molecule has 0 bridgehead atoms. The Morgan fingerprint density at radius 3 is 2.65 bits per heavy atom. The molecule has 0 aromatic heterocycles. The summed E-state index contributed by atoms with van der Waals surface area (Å²) in [7, 11) is -3.41. The Hall–Kier alpha value is 0.150. The van der Waals surface area contributed by atoms with Gasteiger partial charge in [-0.15, -0.1) is 0 Å². The Bertz CT molecular complexity index is 451. The first kappa shape index (κ1) is 15.2. The largest absolute Gasteiger partial charge is 0.240 e. The summed E-state index contributed by atoms with van der Waals surface area (Å²) in [6.07, 6.45) is 3.03. The van der Waals surface area contributed by atoms with Gasteiger partial charge >= 0.3 is 0 Å². The fourth-order valence-electron chi connectivity index (χ4n) is 1.32. The van der Waals surface area contributed by atoms with Gasteiger partial charge in [0.1, 0.15) is 0 Å². The molecule has 0 atom stereocenters. The quantitative estimate of drug-likeness (QED) is 0.443. The number of sulfonamides is 1. The maximum absolute atomic E-state index is 11.8. The summed E-state index contributed by atoms with van der Waals surface area (Å²) in [5.41, 5.74) is 0. The van der Waals surface area contributed by atoms with E-state index >= 15 is 0 Å². The van der Waals surface area contributed by atoms with Crippen molar-refractivity contribution in [2.24, 2.45) is 0 Å². The Morgan fingerprint density at radius 2 is 2.00 bits per heavy atom. The lowest BCUT2D eigenvalue weighted by Gasteiger charge is -2.06. The van der Waals surface area contributed by atoms with Crippen LogP contribution in [0.5, 0.6) is 0 Å². The van der Waals surface area contributed by atoms with E-state index in [-0.39, 0.29) is 4.90 Å². The summed E-state index contributed by atoms with van der Waals surface area (Å²) in [6, 6.07) is 6.28. The molecule has 0 aliphatic heterocycles. The second-order valence-electron chi connectivity index (χ2n) is 3.60. The first-order valence-corrected chi connectivity index (χ1v) is 8.76. The smallest absolute Gasteiger partial charge is 0.211 e. The van der Waals surface area contributed by atoms with Gasteiger partial charge in [0.25, 0.3) is 0 Å². The average Bonchev–Trinajstić information content (AvgIpc) is 2.29. The van der Waals surface area contributed by atoms with E-state index in [2.05, 4.69) is 27.3 Å². The fourth-order valence-corrected chi connectivity index (χ4v) is 3.23. The van der Waals surface area contributed by atoms with Gasteiger partial charge in [-0.25, -0.2) is 13.1 Å². The van der Waals surface area contributed by atoms with Crippen LogP contribution >= 0.6 is 34.2 Å². The predicted molar refractivity (Wildman–Crippen MR) is 79.4 cm³/mol. The number of alkyl halides is 1. The average molecular weight is 388 g/mol. The summed E-state index contributed by atoms with van der Waals surface area (Å²) in [4.78, 5) is 0.221. The van der Waals surface area contributed by atoms with Crippen molar-refractivity contribution in [1.29, 1.82) is 0 Å². The van der Waals surface area contributed by atoms with Crippen molar-refractivity contribution in [2.45, 2.75) is 24.2 Å². The van der Waals surface area contributed by atoms with Gasteiger partial charge in [-0.3, -0.25) is 0 Å². The molecule has 1 N–H and O–H groups in total. The molecular formula is C11H15ClINO2S. The third-order valence-corrected chi connectivity index (χ3v) is 4.67. The molecule has 1 aromatic rings. The van der Waals surface area contributed by atoms with E-state index in [0.717, 1.165) is 23.7 Å². The molecular weight excluding hydrogens is 373 g/mol. The molecule has 17 heavy (non-hydrogen) atoms. The maximum atomic E-state index is 11.8. The van der Waals surface area contributed by atoms with Crippen molar-refractivity contribution >= 4 is 44.2 Å². The zero-order valence-electron chi connectivity index (χ0n) is 9.33. The Morgan fingerprint density at radius 1 is 1.24 bits per heavy atom. The SMILES string of the molecule is O=S(=O)(NCCCCCI)c1cccc(Cl)c1. The van der Waals surface area contributed by atoms with Crippen LogP contribution in [0, 0.1) is 0 Å². The zero-order chi connectivity index (χ0) is 12.7. The first-order chi connectivity index (χ1) is 8.06. The van der Waals surface area contributed by atoms with Crippen LogP contribution < -0.4 is 4.72 Å². The molecule has 0 saturated carbocycles. The molecule has 0 aliphatic carbocycles. The lowest BCUT2D eigenvalue weighted by Crippen LogP contribution is -2.24. The highest BCUT2D eigenvalue weighted by atomic mass is 127. The molecule has 1 rings (SSSR count). The second kappa shape index (κ2) is 7.56. The molecule has 1 aromatic carbocycles. The molecule has 0 aliphatic rings. The zero-order valence-corrected chi connectivity index (χ0v) is 13.1. The van der Waals surface area contributed by atoms with Crippen LogP contribution in [0.1, 0.15) is 19.3 Å². The molecule has 0 fully saturated rings. The third-order valence-electron chi connectivity index (χ3n) is 2.21. The second-order valence-corrected chi connectivity index (χ2v) is 6.89. The van der Waals surface area contributed by atoms with E-state index in [9.17, 15) is 8.42 Å². The molecule has 0 radical (unpaired) electrons. The van der Waals surface area contributed by atoms with Gasteiger partial charge < -0.3 is 0 Å². The minimum Gasteiger partial charge on any atom is -0.211 e. The number of unbranched alkanes of at least 4 members (excludes halogenated alkanes) is 2. The van der Waals surface area contributed by atoms with E-state index in [1.54, 1.807) is 18.2 Å². The highest BCUT2D eigenvalue weighted by Crippen LogP contribution is 2.15. The summed E-state index contributed by atoms with van der Waals surface area (Å²) in [5.74, 6) is 0. The van der Waals surface area contributed by atoms with Gasteiger partial charge in [0.2, 0.25) is 10.0 Å². The van der Waals surface area contributed by atoms with Crippen LogP contribution in [0.2, 0.25) is 5.02 Å². The van der Waals surface area contributed by atoms with Crippen LogP contribution in [0.3, 0.4) is 0 Å². The number of hydrogen-bond acceptors (Lipinski definition) is 2. The normalized spacial score (nSPS) is 11.6. The summed E-state index contributed by atoms with van der Waals surface area (Å²) >= 11 is 8.08. The van der Waals surface area contributed by atoms with Crippen molar-refractivity contribution in [2.75, 3.05) is 11.0 Å². The van der Waals surface area contributed by atoms with E-state index in [1.807, 2.05) is 0 Å². The highest BCUT2D eigenvalue weighted by molar-refractivity contribution is 14.1. The van der Waals surface area contributed by atoms with Gasteiger partial charge in [-0.1, -0.05) is 46.7 Å². The number of rotatable bonds is 7. The standard InChI is InChI=1S/C11H15ClINO2S/c12-10-5-4-6-11(9-10)17(15,16)14-8-3-1-2-7-13/h4-6,9,14H,1-3,7-8H2. The Kier molecular flexibility index (Phi) is 6.76. The molecule has 0 heterocycles. The number of nitrogens with one attached hydrogen (secondary N) is 1. The van der Waals surface area contributed by atoms with Crippen molar-refractivity contribution < 1.29 is 8.42 Å². The minimum absolute atomic E-state index is 0.221. The number of halogens is 2. The molecule has 0 spiro atoms. The van der Waals surface area contributed by atoms with Crippen LogP contribution in [-0.2, 0) is 10.0 Å². The highest BCUT2D eigenvalue weighted by Gasteiger charge is 2.12. The number of benzene rings is 1. The van der Waals surface area contributed by atoms with Crippen molar-refractivity contribution in [3.63, 3.8) is 0 Å². The number of hydrogen-bond donors (Lipinski definition) is 1. The van der Waals surface area contributed by atoms with Gasteiger partial charge in [0, 0.05) is 11.6 Å². The molecule has 0 unspecified atom stereocenters. The summed E-state index contributed by atoms with van der Waals surface area (Å²) in [5, 5.41) is 0.429. The van der Waals surface area contributed by atoms with E-state index in [0.29, 0.717) is 11.6 Å². The van der Waals surface area contributed by atoms with Gasteiger partial charge in [-0.2, -0.15) is 0 Å². The Labute approximate surface area is 121 Å². The van der Waals surface area contributed by atoms with Crippen LogP contribution in [0.4, 0.5) is 0 Å². The third kappa shape index (κ3) is 5.54. The summed E-state index contributed by atoms with van der Waals surface area (Å²) < 4.78 is 27.4. The van der Waals surface area contributed by atoms with Crippen molar-refractivity contribution in [3.8, 4) is 0 Å². The van der Waals surface area contributed by atoms with E-state index < -0.39 is 10.0 Å². The van der Waals surface area contributed by atoms with E-state index in [4.69, 9.17) is 11.6 Å². The fraction of sp³-hybridized carbons (Fsp3) is 0.455. The lowest BCUT2D eigenvalue weighted by molar-refractivity contribution is 0.576. The van der Waals surface area contributed by atoms with Crippen molar-refractivity contribution in [3.05, 3.63) is 29.3 Å². The first-order valence-electron chi connectivity index (χ1n) is 5.37. The molecule has 0 saturated heterocycles. The van der Waals surface area contributed by atoms with Crippen molar-refractivity contribution in [1.82, 2.24) is 4.72 Å². The van der Waals surface area contributed by atoms with Gasteiger partial charge in [-0.05, 0) is 35.5 Å². The maximum Gasteiger partial charge on any atom is 0.240 e. The van der Waals surface area contributed by atoms with E-state index in [1.165, 1.54) is 6.07 Å². The predicted octanol–water partition coefficient (Wildman–Crippen LogP) is 3.22. The van der Waals surface area contributed by atoms with Crippen LogP contribution in [-0.4, -0.2) is 19.4 Å². The van der Waals surface area contributed by atoms with Crippen LogP contribution in [0.15, 0.2) is 29.2 Å². The molecule has 6 heteroatoms. The topological polar surface area (TPSA) is 46.2 Å². The lowest BCUT2D eigenvalue weighted by atomic mass is 10.3. The Balaban J connectivity index is 2.51. The molecule has 3 nitrogen and oxygen atoms in total. The minimum atomic E-state index is -3.41. The molecule has 0 amide bonds. The van der Waals surface area contributed by atoms with Crippen LogP contribution in [0.25, 0.3) is 0 Å².